The van der Waals surface area contributed by atoms with Gasteiger partial charge in [-0.1, -0.05) is 182 Å². The average molecular weight is 856 g/mol. The van der Waals surface area contributed by atoms with Crippen molar-refractivity contribution in [1.82, 2.24) is 4.57 Å². The maximum absolute atomic E-state index is 2.39. The number of fused-ring (bicyclic) bond motifs is 4. The van der Waals surface area contributed by atoms with Gasteiger partial charge >= 0.3 is 0 Å². The lowest BCUT2D eigenvalue weighted by Gasteiger charge is -2.28. The van der Waals surface area contributed by atoms with Crippen LogP contribution in [0.15, 0.2) is 273 Å². The van der Waals surface area contributed by atoms with Crippen LogP contribution in [0.1, 0.15) is 0 Å². The number of anilines is 6. The van der Waals surface area contributed by atoms with Crippen LogP contribution < -0.4 is 9.80 Å². The molecule has 0 saturated heterocycles. The van der Waals surface area contributed by atoms with Gasteiger partial charge in [-0.05, 0) is 130 Å². The molecule has 0 unspecified atom stereocenters. The third kappa shape index (κ3) is 7.39. The summed E-state index contributed by atoms with van der Waals surface area (Å²) in [5.41, 5.74) is 17.3. The van der Waals surface area contributed by atoms with Crippen molar-refractivity contribution in [1.29, 1.82) is 0 Å². The Balaban J connectivity index is 0.941. The molecule has 0 aliphatic heterocycles. The maximum Gasteiger partial charge on any atom is 0.0542 e. The Morgan fingerprint density at radius 3 is 1.25 bits per heavy atom. The molecule has 0 N–H and O–H groups in total. The summed E-state index contributed by atoms with van der Waals surface area (Å²) < 4.78 is 2.37. The molecule has 0 spiro atoms. The molecule has 0 bridgehead atoms. The molecule has 11 aromatic carbocycles. The van der Waals surface area contributed by atoms with Gasteiger partial charge in [0.1, 0.15) is 0 Å². The van der Waals surface area contributed by atoms with Crippen LogP contribution in [0, 0.1) is 0 Å². The molecule has 0 radical (unpaired) electrons. The van der Waals surface area contributed by atoms with Crippen LogP contribution in [0.2, 0.25) is 0 Å². The van der Waals surface area contributed by atoms with Crippen molar-refractivity contribution in [2.75, 3.05) is 9.80 Å². The van der Waals surface area contributed by atoms with Crippen molar-refractivity contribution in [3.8, 4) is 39.1 Å². The maximum atomic E-state index is 2.39. The zero-order chi connectivity index (χ0) is 44.5. The van der Waals surface area contributed by atoms with Crippen LogP contribution in [0.3, 0.4) is 0 Å². The highest BCUT2D eigenvalue weighted by Crippen LogP contribution is 2.44. The van der Waals surface area contributed by atoms with Crippen LogP contribution in [0.25, 0.3) is 71.6 Å². The van der Waals surface area contributed by atoms with Crippen LogP contribution >= 0.6 is 0 Å². The molecule has 0 amide bonds. The second kappa shape index (κ2) is 17.2. The molecule has 1 heterocycles. The zero-order valence-electron chi connectivity index (χ0n) is 36.8. The predicted octanol–water partition coefficient (Wildman–Crippen LogP) is 17.9. The Hall–Kier alpha value is -8.92. The zero-order valence-corrected chi connectivity index (χ0v) is 36.8. The molecule has 0 fully saturated rings. The van der Waals surface area contributed by atoms with Crippen LogP contribution in [-0.2, 0) is 0 Å². The summed E-state index contributed by atoms with van der Waals surface area (Å²) in [6.07, 6.45) is 0. The van der Waals surface area contributed by atoms with Crippen LogP contribution in [0.4, 0.5) is 34.1 Å². The Bertz CT molecular complexity index is 3560. The number of rotatable bonds is 10. The second-order valence-corrected chi connectivity index (χ2v) is 16.9. The van der Waals surface area contributed by atoms with Gasteiger partial charge in [-0.25, -0.2) is 0 Å². The number of para-hydroxylation sites is 3. The molecular weight excluding hydrogens is 811 g/mol. The van der Waals surface area contributed by atoms with E-state index in [1.165, 1.54) is 60.4 Å². The fourth-order valence-electron chi connectivity index (χ4n) is 9.79. The van der Waals surface area contributed by atoms with E-state index >= 15 is 0 Å². The first-order valence-corrected chi connectivity index (χ1v) is 22.9. The molecule has 12 aromatic rings. The topological polar surface area (TPSA) is 11.4 Å². The highest BCUT2D eigenvalue weighted by molar-refractivity contribution is 6.11. The van der Waals surface area contributed by atoms with Crippen LogP contribution in [0.5, 0.6) is 0 Å². The summed E-state index contributed by atoms with van der Waals surface area (Å²) in [6, 6.07) is 98.5. The number of nitrogens with zero attached hydrogens (tertiary/aromatic N) is 3. The number of aromatic nitrogens is 1. The summed E-state index contributed by atoms with van der Waals surface area (Å²) in [4.78, 5) is 4.76. The summed E-state index contributed by atoms with van der Waals surface area (Å²) in [7, 11) is 0. The van der Waals surface area contributed by atoms with E-state index in [0.29, 0.717) is 0 Å². The third-order valence-corrected chi connectivity index (χ3v) is 13.0. The van der Waals surface area contributed by atoms with Gasteiger partial charge in [-0.2, -0.15) is 0 Å². The lowest BCUT2D eigenvalue weighted by molar-refractivity contribution is 1.18. The predicted molar refractivity (Wildman–Crippen MR) is 284 cm³/mol. The molecule has 3 nitrogen and oxygen atoms in total. The quantitative estimate of drug-likeness (QED) is 0.136. The fourth-order valence-corrected chi connectivity index (χ4v) is 9.79. The van der Waals surface area contributed by atoms with E-state index in [1.54, 1.807) is 0 Å². The highest BCUT2D eigenvalue weighted by atomic mass is 15.1. The van der Waals surface area contributed by atoms with Gasteiger partial charge in [-0.15, -0.1) is 0 Å². The highest BCUT2D eigenvalue weighted by Gasteiger charge is 2.20. The van der Waals surface area contributed by atoms with E-state index in [2.05, 4.69) is 287 Å². The van der Waals surface area contributed by atoms with E-state index in [1.807, 2.05) is 0 Å². The van der Waals surface area contributed by atoms with Gasteiger partial charge in [0, 0.05) is 50.3 Å². The van der Waals surface area contributed by atoms with Crippen molar-refractivity contribution in [2.45, 2.75) is 0 Å². The molecule has 1 aromatic heterocycles. The van der Waals surface area contributed by atoms with Gasteiger partial charge in [0.05, 0.1) is 16.7 Å². The smallest absolute Gasteiger partial charge is 0.0542 e. The van der Waals surface area contributed by atoms with E-state index in [9.17, 15) is 0 Å². The molecule has 316 valence electrons. The number of benzene rings is 11. The van der Waals surface area contributed by atoms with Gasteiger partial charge in [0.15, 0.2) is 0 Å². The monoisotopic (exact) mass is 855 g/mol. The molecule has 3 heteroatoms. The van der Waals surface area contributed by atoms with Crippen LogP contribution in [-0.4, -0.2) is 4.57 Å². The summed E-state index contributed by atoms with van der Waals surface area (Å²) in [5.74, 6) is 0. The van der Waals surface area contributed by atoms with Crippen molar-refractivity contribution in [3.05, 3.63) is 273 Å². The Morgan fingerprint density at radius 2 is 0.657 bits per heavy atom. The summed E-state index contributed by atoms with van der Waals surface area (Å²) in [6.45, 7) is 0. The van der Waals surface area contributed by atoms with Crippen molar-refractivity contribution in [2.24, 2.45) is 0 Å². The fraction of sp³-hybridized carbons (Fsp3) is 0. The molecule has 12 rings (SSSR count). The normalized spacial score (nSPS) is 11.3. The summed E-state index contributed by atoms with van der Waals surface area (Å²) in [5, 5.41) is 4.82. The van der Waals surface area contributed by atoms with E-state index in [4.69, 9.17) is 0 Å². The minimum atomic E-state index is 1.09. The Morgan fingerprint density at radius 1 is 0.239 bits per heavy atom. The van der Waals surface area contributed by atoms with Crippen molar-refractivity contribution in [3.63, 3.8) is 0 Å². The lowest BCUT2D eigenvalue weighted by atomic mass is 9.95. The van der Waals surface area contributed by atoms with E-state index in [0.717, 1.165) is 45.4 Å². The molecule has 67 heavy (non-hydrogen) atoms. The van der Waals surface area contributed by atoms with Crippen molar-refractivity contribution >= 4 is 66.7 Å². The molecular formula is C64H45N3. The van der Waals surface area contributed by atoms with Gasteiger partial charge in [0.25, 0.3) is 0 Å². The van der Waals surface area contributed by atoms with E-state index < -0.39 is 0 Å². The molecule has 0 aliphatic carbocycles. The SMILES string of the molecule is c1ccc(-c2ccc(N(c3ccc(-c4ccccc4)cc3)c3ccc(-c4ccc(N(c5ccccc5)c5ccc6c(c5)c5ccccc5n6-c5ccccc5)cc4)c4ccccc34)cc2)cc1. The molecule has 0 atom stereocenters. The van der Waals surface area contributed by atoms with E-state index in [-0.39, 0.29) is 0 Å². The largest absolute Gasteiger partial charge is 0.310 e. The first-order chi connectivity index (χ1) is 33.2. The first-order valence-electron chi connectivity index (χ1n) is 22.9. The average Bonchev–Trinajstić information content (AvgIpc) is 3.74. The third-order valence-electron chi connectivity index (χ3n) is 13.0. The second-order valence-electron chi connectivity index (χ2n) is 16.9. The van der Waals surface area contributed by atoms with Gasteiger partial charge in [0.2, 0.25) is 0 Å². The number of hydrogen-bond acceptors (Lipinski definition) is 2. The van der Waals surface area contributed by atoms with Crippen molar-refractivity contribution < 1.29 is 0 Å². The summed E-state index contributed by atoms with van der Waals surface area (Å²) >= 11 is 0. The lowest BCUT2D eigenvalue weighted by Crippen LogP contribution is -2.10. The van der Waals surface area contributed by atoms with Gasteiger partial charge < -0.3 is 14.4 Å². The molecule has 0 saturated carbocycles. The minimum absolute atomic E-state index is 1.09. The standard InChI is InChI=1S/C64H45N3/c1-5-17-46(18-6-1)48-29-35-54(36-30-48)66(55-37-31-49(32-38-55)47-19-7-2-8-20-47)63-44-42-57(58-25-13-14-26-59(58)63)50-33-39-53(40-34-50)65(51-21-9-3-10-22-51)56-41-43-64-61(45-56)60-27-15-16-28-62(60)67(64)52-23-11-4-12-24-52/h1-45H. The first kappa shape index (κ1) is 39.7. The minimum Gasteiger partial charge on any atom is -0.310 e. The Kier molecular flexibility index (Phi) is 10.2. The molecule has 0 aliphatic rings. The van der Waals surface area contributed by atoms with Gasteiger partial charge in [-0.3, -0.25) is 0 Å². The number of hydrogen-bond donors (Lipinski definition) is 0. The Labute approximate surface area is 391 Å².